The molecule has 1 aliphatic heterocycles. The molecule has 0 aliphatic carbocycles. The highest BCUT2D eigenvalue weighted by molar-refractivity contribution is 6.01. The summed E-state index contributed by atoms with van der Waals surface area (Å²) in [5, 5.41) is 10.1. The predicted octanol–water partition coefficient (Wildman–Crippen LogP) is 0.679. The Balaban J connectivity index is 2.75. The van der Waals surface area contributed by atoms with E-state index in [-0.39, 0.29) is 0 Å². The van der Waals surface area contributed by atoms with Crippen LogP contribution in [0.15, 0.2) is 24.4 Å². The largest absolute Gasteiger partial charge is 0.385 e. The van der Waals surface area contributed by atoms with Crippen LogP contribution in [0.1, 0.15) is 0 Å². The van der Waals surface area contributed by atoms with E-state index < -0.39 is 0 Å². The van der Waals surface area contributed by atoms with E-state index in [0.717, 1.165) is 5.57 Å². The van der Waals surface area contributed by atoms with Crippen molar-refractivity contribution in [1.29, 1.82) is 5.41 Å². The zero-order valence-corrected chi connectivity index (χ0v) is 4.57. The Morgan fingerprint density at radius 3 is 2.88 bits per heavy atom. The Hall–Kier alpha value is -1.05. The van der Waals surface area contributed by atoms with Crippen LogP contribution in [0.25, 0.3) is 0 Å². The molecule has 0 bridgehead atoms. The molecule has 0 amide bonds. The zero-order chi connectivity index (χ0) is 5.98. The number of allylic oxidation sites excluding steroid dienone is 1. The third-order valence-electron chi connectivity index (χ3n) is 1.07. The van der Waals surface area contributed by atoms with Gasteiger partial charge in [-0.25, -0.2) is 0 Å². The van der Waals surface area contributed by atoms with E-state index in [9.17, 15) is 0 Å². The van der Waals surface area contributed by atoms with Gasteiger partial charge < -0.3 is 10.7 Å². The number of hydrogen-bond donors (Lipinski definition) is 2. The third-order valence-corrected chi connectivity index (χ3v) is 1.07. The second-order valence-electron chi connectivity index (χ2n) is 1.72. The van der Waals surface area contributed by atoms with Crippen molar-refractivity contribution in [2.45, 2.75) is 0 Å². The average Bonchev–Trinajstić information content (AvgIpc) is 1.77. The minimum Gasteiger partial charge on any atom is -0.385 e. The van der Waals surface area contributed by atoms with Gasteiger partial charge in [0.25, 0.3) is 0 Å². The molecular formula is C6H8N2. The first-order chi connectivity index (χ1) is 3.80. The van der Waals surface area contributed by atoms with Gasteiger partial charge in [-0.15, -0.1) is 0 Å². The Bertz CT molecular complexity index is 156. The Labute approximate surface area is 48.4 Å². The Morgan fingerprint density at radius 1 is 1.75 bits per heavy atom. The lowest BCUT2D eigenvalue weighted by Gasteiger charge is -2.08. The summed E-state index contributed by atoms with van der Waals surface area (Å²) in [6.45, 7) is 4.26. The summed E-state index contributed by atoms with van der Waals surface area (Å²) in [7, 11) is 0. The van der Waals surface area contributed by atoms with Crippen molar-refractivity contribution >= 4 is 5.71 Å². The molecule has 0 unspecified atom stereocenters. The topological polar surface area (TPSA) is 35.9 Å². The second-order valence-corrected chi connectivity index (χ2v) is 1.72. The smallest absolute Gasteiger partial charge is 0.0571 e. The highest BCUT2D eigenvalue weighted by atomic mass is 14.8. The van der Waals surface area contributed by atoms with Crippen LogP contribution in [0.4, 0.5) is 0 Å². The van der Waals surface area contributed by atoms with Gasteiger partial charge in [-0.1, -0.05) is 6.58 Å². The van der Waals surface area contributed by atoms with Crippen molar-refractivity contribution in [3.63, 3.8) is 0 Å². The van der Waals surface area contributed by atoms with Crippen molar-refractivity contribution in [1.82, 2.24) is 5.32 Å². The molecular weight excluding hydrogens is 100 g/mol. The van der Waals surface area contributed by atoms with Crippen LogP contribution in [0.3, 0.4) is 0 Å². The maximum Gasteiger partial charge on any atom is 0.0571 e. The lowest BCUT2D eigenvalue weighted by molar-refractivity contribution is 0.992. The molecule has 0 saturated heterocycles. The zero-order valence-electron chi connectivity index (χ0n) is 4.57. The van der Waals surface area contributed by atoms with E-state index in [1.807, 2.05) is 0 Å². The summed E-state index contributed by atoms with van der Waals surface area (Å²) in [5.74, 6) is 0. The van der Waals surface area contributed by atoms with Gasteiger partial charge in [0.05, 0.1) is 12.3 Å². The van der Waals surface area contributed by atoms with Crippen LogP contribution in [-0.2, 0) is 0 Å². The highest BCUT2D eigenvalue weighted by Gasteiger charge is 2.00. The predicted molar refractivity (Wildman–Crippen MR) is 34.0 cm³/mol. The first-order valence-electron chi connectivity index (χ1n) is 2.47. The van der Waals surface area contributed by atoms with Gasteiger partial charge in [0.2, 0.25) is 0 Å². The van der Waals surface area contributed by atoms with Crippen molar-refractivity contribution in [2.24, 2.45) is 0 Å². The molecule has 1 heterocycles. The minimum absolute atomic E-state index is 0.576. The fourth-order valence-corrected chi connectivity index (χ4v) is 0.535. The SMILES string of the molecule is C=C1C=CNCC1=N. The molecule has 2 N–H and O–H groups in total. The molecule has 0 aromatic heterocycles. The molecule has 0 atom stereocenters. The molecule has 42 valence electrons. The monoisotopic (exact) mass is 108 g/mol. The Kier molecular flexibility index (Phi) is 1.16. The van der Waals surface area contributed by atoms with Gasteiger partial charge in [-0.2, -0.15) is 0 Å². The van der Waals surface area contributed by atoms with Gasteiger partial charge in [0.15, 0.2) is 0 Å². The summed E-state index contributed by atoms with van der Waals surface area (Å²) in [5.41, 5.74) is 1.39. The molecule has 1 rings (SSSR count). The molecule has 1 aliphatic rings. The van der Waals surface area contributed by atoms with E-state index in [0.29, 0.717) is 12.3 Å². The molecule has 2 nitrogen and oxygen atoms in total. The molecule has 0 spiro atoms. The molecule has 0 fully saturated rings. The summed E-state index contributed by atoms with van der Waals surface area (Å²) < 4.78 is 0. The molecule has 0 saturated carbocycles. The quantitative estimate of drug-likeness (QED) is 0.470. The van der Waals surface area contributed by atoms with Crippen LogP contribution in [0, 0.1) is 5.41 Å². The molecule has 8 heavy (non-hydrogen) atoms. The van der Waals surface area contributed by atoms with E-state index in [1.54, 1.807) is 12.3 Å². The lowest BCUT2D eigenvalue weighted by atomic mass is 10.1. The average molecular weight is 108 g/mol. The summed E-state index contributed by atoms with van der Waals surface area (Å²) in [6.07, 6.45) is 3.60. The number of rotatable bonds is 0. The lowest BCUT2D eigenvalue weighted by Crippen LogP contribution is -2.21. The maximum absolute atomic E-state index is 7.18. The van der Waals surface area contributed by atoms with Crippen molar-refractivity contribution < 1.29 is 0 Å². The summed E-state index contributed by atoms with van der Waals surface area (Å²) in [4.78, 5) is 0. The van der Waals surface area contributed by atoms with Gasteiger partial charge in [0, 0.05) is 0 Å². The molecule has 0 aromatic rings. The summed E-state index contributed by atoms with van der Waals surface area (Å²) in [6, 6.07) is 0. The fourth-order valence-electron chi connectivity index (χ4n) is 0.535. The number of nitrogens with one attached hydrogen (secondary N) is 2. The minimum atomic E-state index is 0.576. The van der Waals surface area contributed by atoms with Crippen LogP contribution in [0.5, 0.6) is 0 Å². The van der Waals surface area contributed by atoms with Crippen LogP contribution < -0.4 is 5.32 Å². The maximum atomic E-state index is 7.18. The third kappa shape index (κ3) is 0.780. The van der Waals surface area contributed by atoms with Crippen LogP contribution in [-0.4, -0.2) is 12.3 Å². The summed E-state index contributed by atoms with van der Waals surface area (Å²) >= 11 is 0. The van der Waals surface area contributed by atoms with Gasteiger partial charge >= 0.3 is 0 Å². The Morgan fingerprint density at radius 2 is 2.50 bits per heavy atom. The van der Waals surface area contributed by atoms with E-state index in [1.165, 1.54) is 0 Å². The molecule has 0 aromatic carbocycles. The molecule has 0 radical (unpaired) electrons. The normalized spacial score (nSPS) is 18.5. The second kappa shape index (κ2) is 1.82. The van der Waals surface area contributed by atoms with Gasteiger partial charge in [-0.3, -0.25) is 0 Å². The highest BCUT2D eigenvalue weighted by Crippen LogP contribution is 1.97. The first-order valence-corrected chi connectivity index (χ1v) is 2.47. The van der Waals surface area contributed by atoms with Crippen LogP contribution in [0.2, 0.25) is 0 Å². The van der Waals surface area contributed by atoms with Gasteiger partial charge in [0.1, 0.15) is 0 Å². The van der Waals surface area contributed by atoms with Crippen molar-refractivity contribution in [2.75, 3.05) is 6.54 Å². The van der Waals surface area contributed by atoms with E-state index in [2.05, 4.69) is 11.9 Å². The molecule has 2 heteroatoms. The van der Waals surface area contributed by atoms with E-state index >= 15 is 0 Å². The number of hydrogen-bond acceptors (Lipinski definition) is 2. The van der Waals surface area contributed by atoms with Crippen molar-refractivity contribution in [3.05, 3.63) is 24.4 Å². The van der Waals surface area contributed by atoms with E-state index in [4.69, 9.17) is 5.41 Å². The van der Waals surface area contributed by atoms with Gasteiger partial charge in [-0.05, 0) is 17.8 Å². The standard InChI is InChI=1S/C6H8N2/c1-5-2-3-8-4-6(5)7/h2-3,7-8H,1,4H2. The van der Waals surface area contributed by atoms with Crippen molar-refractivity contribution in [3.8, 4) is 0 Å². The fraction of sp³-hybridized carbons (Fsp3) is 0.167. The van der Waals surface area contributed by atoms with Crippen LogP contribution >= 0.6 is 0 Å². The first kappa shape index (κ1) is 5.09.